The van der Waals surface area contributed by atoms with Gasteiger partial charge in [0.25, 0.3) is 5.91 Å². The molecule has 0 saturated heterocycles. The maximum Gasteiger partial charge on any atom is 0.322 e. The molecule has 1 aliphatic carbocycles. The third-order valence-electron chi connectivity index (χ3n) is 3.99. The summed E-state index contributed by atoms with van der Waals surface area (Å²) in [5, 5.41) is 22.0. The lowest BCUT2D eigenvalue weighted by Gasteiger charge is -2.28. The normalized spacial score (nSPS) is 19.0. The average Bonchev–Trinajstić information content (AvgIpc) is 2.62. The van der Waals surface area contributed by atoms with Crippen LogP contribution in [0, 0.1) is 0 Å². The highest BCUT2D eigenvalue weighted by molar-refractivity contribution is 5.99. The van der Waals surface area contributed by atoms with E-state index in [-0.39, 0.29) is 17.3 Å². The number of hydrogen-bond donors (Lipinski definition) is 3. The molecule has 0 saturated carbocycles. The molecule has 1 amide bonds. The molecule has 1 aromatic carbocycles. The Hall–Kier alpha value is -3.35. The van der Waals surface area contributed by atoms with Gasteiger partial charge in [0.1, 0.15) is 23.6 Å². The molecule has 1 atom stereocenters. The third kappa shape index (κ3) is 3.83. The number of aromatic nitrogens is 1. The second kappa shape index (κ2) is 6.87. The van der Waals surface area contributed by atoms with Crippen molar-refractivity contribution in [1.29, 1.82) is 0 Å². The van der Waals surface area contributed by atoms with Gasteiger partial charge in [0.05, 0.1) is 0 Å². The van der Waals surface area contributed by atoms with E-state index in [1.807, 2.05) is 31.2 Å². The molecule has 2 aromatic rings. The Morgan fingerprint density at radius 3 is 2.81 bits per heavy atom. The molecule has 0 aliphatic heterocycles. The van der Waals surface area contributed by atoms with E-state index in [0.717, 1.165) is 10.8 Å². The van der Waals surface area contributed by atoms with E-state index in [1.54, 1.807) is 24.3 Å². The van der Waals surface area contributed by atoms with Crippen LogP contribution < -0.4 is 10.1 Å². The zero-order chi connectivity index (χ0) is 18.7. The minimum atomic E-state index is -1.14. The highest BCUT2D eigenvalue weighted by Gasteiger charge is 2.27. The predicted octanol–water partition coefficient (Wildman–Crippen LogP) is 2.59. The number of nitrogens with zero attached hydrogens (tertiary/aromatic N) is 1. The molecule has 26 heavy (non-hydrogen) atoms. The second-order valence-electron chi connectivity index (χ2n) is 6.19. The number of aliphatic carboxylic acids is 1. The molecule has 1 unspecified atom stereocenters. The van der Waals surface area contributed by atoms with E-state index >= 15 is 0 Å². The predicted molar refractivity (Wildman–Crippen MR) is 95.2 cm³/mol. The summed E-state index contributed by atoms with van der Waals surface area (Å²) in [5.41, 5.74) is -0.653. The van der Waals surface area contributed by atoms with Gasteiger partial charge in [0.15, 0.2) is 0 Å². The Balaban J connectivity index is 1.97. The molecule has 1 heterocycles. The standard InChI is InChI=1S/C19H18N2O5/c1-19(8-6-13(22)7-9-19)26-18-14-5-3-2-4-12(14)10-15(21-18)17(25)20-11-16(23)24/h2-8,10,22H,9,11H2,1H3,(H,20,25)(H,23,24). The summed E-state index contributed by atoms with van der Waals surface area (Å²) < 4.78 is 6.07. The number of benzene rings is 1. The van der Waals surface area contributed by atoms with Gasteiger partial charge >= 0.3 is 5.97 Å². The summed E-state index contributed by atoms with van der Waals surface area (Å²) in [6.07, 6.45) is 5.37. The zero-order valence-corrected chi connectivity index (χ0v) is 14.1. The average molecular weight is 354 g/mol. The van der Waals surface area contributed by atoms with Crippen molar-refractivity contribution in [2.45, 2.75) is 18.9 Å². The highest BCUT2D eigenvalue weighted by Crippen LogP contribution is 2.31. The Kier molecular flexibility index (Phi) is 4.62. The van der Waals surface area contributed by atoms with Crippen molar-refractivity contribution in [2.75, 3.05) is 6.54 Å². The van der Waals surface area contributed by atoms with Crippen LogP contribution in [-0.2, 0) is 4.79 Å². The lowest BCUT2D eigenvalue weighted by molar-refractivity contribution is -0.135. The number of carbonyl (C=O) groups is 2. The Morgan fingerprint density at radius 2 is 2.12 bits per heavy atom. The molecule has 1 aromatic heterocycles. The molecule has 134 valence electrons. The molecule has 0 fully saturated rings. The van der Waals surface area contributed by atoms with E-state index < -0.39 is 24.0 Å². The highest BCUT2D eigenvalue weighted by atomic mass is 16.5. The van der Waals surface area contributed by atoms with Crippen LogP contribution in [0.25, 0.3) is 10.8 Å². The number of ether oxygens (including phenoxy) is 1. The molecule has 0 spiro atoms. The number of allylic oxidation sites excluding steroid dienone is 1. The molecular formula is C19H18N2O5. The first kappa shape index (κ1) is 17.5. The van der Waals surface area contributed by atoms with Crippen LogP contribution in [0.2, 0.25) is 0 Å². The van der Waals surface area contributed by atoms with Gasteiger partial charge in [-0.1, -0.05) is 18.2 Å². The van der Waals surface area contributed by atoms with Gasteiger partial charge in [-0.15, -0.1) is 0 Å². The van der Waals surface area contributed by atoms with Gasteiger partial charge in [-0.3, -0.25) is 9.59 Å². The number of hydrogen-bond acceptors (Lipinski definition) is 5. The van der Waals surface area contributed by atoms with Crippen molar-refractivity contribution in [1.82, 2.24) is 10.3 Å². The second-order valence-corrected chi connectivity index (χ2v) is 6.19. The molecule has 7 heteroatoms. The van der Waals surface area contributed by atoms with E-state index in [9.17, 15) is 14.7 Å². The van der Waals surface area contributed by atoms with Gasteiger partial charge < -0.3 is 20.3 Å². The zero-order valence-electron chi connectivity index (χ0n) is 14.1. The first-order valence-electron chi connectivity index (χ1n) is 8.03. The fourth-order valence-corrected chi connectivity index (χ4v) is 2.61. The van der Waals surface area contributed by atoms with Crippen molar-refractivity contribution < 1.29 is 24.5 Å². The van der Waals surface area contributed by atoms with Gasteiger partial charge in [-0.2, -0.15) is 0 Å². The largest absolute Gasteiger partial charge is 0.508 e. The minimum Gasteiger partial charge on any atom is -0.508 e. The fourth-order valence-electron chi connectivity index (χ4n) is 2.61. The molecular weight excluding hydrogens is 336 g/mol. The van der Waals surface area contributed by atoms with Crippen molar-refractivity contribution in [2.24, 2.45) is 0 Å². The van der Waals surface area contributed by atoms with Gasteiger partial charge in [0, 0.05) is 11.8 Å². The number of fused-ring (bicyclic) bond motifs is 1. The monoisotopic (exact) mass is 354 g/mol. The molecule has 7 nitrogen and oxygen atoms in total. The van der Waals surface area contributed by atoms with Crippen LogP contribution in [0.4, 0.5) is 0 Å². The van der Waals surface area contributed by atoms with Crippen LogP contribution in [0.3, 0.4) is 0 Å². The summed E-state index contributed by atoms with van der Waals surface area (Å²) in [7, 11) is 0. The SMILES string of the molecule is CC1(Oc2nc(C(=O)NCC(=O)O)cc3ccccc23)C=CC(O)=CC1. The Bertz CT molecular complexity index is 935. The summed E-state index contributed by atoms with van der Waals surface area (Å²) in [6.45, 7) is 1.36. The summed E-state index contributed by atoms with van der Waals surface area (Å²) in [5.74, 6) is -1.29. The number of carboxylic acid groups (broad SMARTS) is 1. The Labute approximate surface area is 149 Å². The van der Waals surface area contributed by atoms with Crippen LogP contribution >= 0.6 is 0 Å². The van der Waals surface area contributed by atoms with Crippen LogP contribution in [-0.4, -0.2) is 39.2 Å². The van der Waals surface area contributed by atoms with Gasteiger partial charge in [0.2, 0.25) is 5.88 Å². The number of aliphatic hydroxyl groups is 1. The van der Waals surface area contributed by atoms with E-state index in [1.165, 1.54) is 0 Å². The number of pyridine rings is 1. The molecule has 1 aliphatic rings. The van der Waals surface area contributed by atoms with Crippen molar-refractivity contribution >= 4 is 22.6 Å². The first-order valence-corrected chi connectivity index (χ1v) is 8.03. The number of nitrogens with one attached hydrogen (secondary N) is 1. The summed E-state index contributed by atoms with van der Waals surface area (Å²) in [4.78, 5) is 27.2. The number of amides is 1. The smallest absolute Gasteiger partial charge is 0.322 e. The number of aliphatic hydroxyl groups excluding tert-OH is 1. The molecule has 3 rings (SSSR count). The van der Waals surface area contributed by atoms with Crippen molar-refractivity contribution in [3.05, 3.63) is 60.0 Å². The molecule has 0 radical (unpaired) electrons. The van der Waals surface area contributed by atoms with E-state index in [2.05, 4.69) is 10.3 Å². The minimum absolute atomic E-state index is 0.0710. The third-order valence-corrected chi connectivity index (χ3v) is 3.99. The maximum absolute atomic E-state index is 12.2. The lowest BCUT2D eigenvalue weighted by atomic mass is 9.96. The number of carbonyl (C=O) groups excluding carboxylic acids is 1. The maximum atomic E-state index is 12.2. The van der Waals surface area contributed by atoms with E-state index in [4.69, 9.17) is 9.84 Å². The summed E-state index contributed by atoms with van der Waals surface area (Å²) >= 11 is 0. The van der Waals surface area contributed by atoms with Gasteiger partial charge in [-0.25, -0.2) is 4.98 Å². The van der Waals surface area contributed by atoms with Crippen molar-refractivity contribution in [3.63, 3.8) is 0 Å². The van der Waals surface area contributed by atoms with E-state index in [0.29, 0.717) is 6.42 Å². The Morgan fingerprint density at radius 1 is 1.35 bits per heavy atom. The van der Waals surface area contributed by atoms with Gasteiger partial charge in [-0.05, 0) is 42.7 Å². The van der Waals surface area contributed by atoms with Crippen molar-refractivity contribution in [3.8, 4) is 5.88 Å². The fraction of sp³-hybridized carbons (Fsp3) is 0.211. The molecule has 0 bridgehead atoms. The first-order chi connectivity index (χ1) is 12.4. The lowest BCUT2D eigenvalue weighted by Crippen LogP contribution is -2.32. The quantitative estimate of drug-likeness (QED) is 0.761. The number of rotatable bonds is 5. The topological polar surface area (TPSA) is 109 Å². The van der Waals surface area contributed by atoms with Crippen LogP contribution in [0.5, 0.6) is 5.88 Å². The van der Waals surface area contributed by atoms with Crippen LogP contribution in [0.15, 0.2) is 54.3 Å². The summed E-state index contributed by atoms with van der Waals surface area (Å²) in [6, 6.07) is 8.91. The molecule has 3 N–H and O–H groups in total. The van der Waals surface area contributed by atoms with Crippen LogP contribution in [0.1, 0.15) is 23.8 Å². The number of carboxylic acids is 1.